The number of aromatic nitrogens is 2. The van der Waals surface area contributed by atoms with E-state index in [0.29, 0.717) is 23.2 Å². The Kier molecular flexibility index (Phi) is 3.21. The molecule has 0 radical (unpaired) electrons. The normalized spacial score (nSPS) is 15.2. The van der Waals surface area contributed by atoms with Gasteiger partial charge in [0.2, 0.25) is 6.41 Å². The van der Waals surface area contributed by atoms with Gasteiger partial charge in [-0.25, -0.2) is 9.37 Å². The lowest BCUT2D eigenvalue weighted by Gasteiger charge is -2.15. The van der Waals surface area contributed by atoms with E-state index in [1.165, 1.54) is 6.07 Å². The van der Waals surface area contributed by atoms with E-state index in [0.717, 1.165) is 24.9 Å². The van der Waals surface area contributed by atoms with E-state index in [1.54, 1.807) is 6.07 Å². The number of rotatable bonds is 3. The zero-order valence-corrected chi connectivity index (χ0v) is 12.4. The maximum atomic E-state index is 14.2. The van der Waals surface area contributed by atoms with Gasteiger partial charge in [-0.1, -0.05) is 13.8 Å². The molecule has 112 valence electrons. The zero-order valence-electron chi connectivity index (χ0n) is 12.4. The third kappa shape index (κ3) is 2.25. The molecule has 0 atom stereocenters. The van der Waals surface area contributed by atoms with Gasteiger partial charge in [-0.2, -0.15) is 5.26 Å². The molecule has 1 aliphatic heterocycles. The first-order chi connectivity index (χ1) is 10.4. The van der Waals surface area contributed by atoms with E-state index in [2.05, 4.69) is 30.2 Å². The van der Waals surface area contributed by atoms with Gasteiger partial charge < -0.3 is 9.88 Å². The molecule has 1 amide bonds. The van der Waals surface area contributed by atoms with Crippen LogP contribution in [0.15, 0.2) is 18.3 Å². The Balaban J connectivity index is 2.17. The lowest BCUT2D eigenvalue weighted by atomic mass is 9.89. The highest BCUT2D eigenvalue weighted by Gasteiger charge is 2.33. The summed E-state index contributed by atoms with van der Waals surface area (Å²) in [5.41, 5.74) is 2.54. The number of nitrogens with one attached hydrogen (secondary N) is 1. The van der Waals surface area contributed by atoms with Crippen LogP contribution < -0.4 is 5.32 Å². The van der Waals surface area contributed by atoms with E-state index in [1.807, 2.05) is 4.57 Å². The molecule has 1 N–H and O–H groups in total. The molecule has 0 spiro atoms. The Hall–Kier alpha value is -2.68. The molecule has 1 aliphatic rings. The first kappa shape index (κ1) is 14.3. The SMILES string of the molecule is CC1(C)Cc2c(-c3cc(NC=O)ncc3F)cc(C#N)n2C1. The lowest BCUT2D eigenvalue weighted by molar-refractivity contribution is -0.105. The summed E-state index contributed by atoms with van der Waals surface area (Å²) < 4.78 is 16.1. The highest BCUT2D eigenvalue weighted by molar-refractivity contribution is 5.76. The van der Waals surface area contributed by atoms with Crippen LogP contribution >= 0.6 is 0 Å². The van der Waals surface area contributed by atoms with Crippen LogP contribution in [0.3, 0.4) is 0 Å². The van der Waals surface area contributed by atoms with Crippen molar-refractivity contribution in [1.82, 2.24) is 9.55 Å². The largest absolute Gasteiger partial charge is 0.335 e. The smallest absolute Gasteiger partial charge is 0.212 e. The van der Waals surface area contributed by atoms with Crippen molar-refractivity contribution in [3.63, 3.8) is 0 Å². The van der Waals surface area contributed by atoms with Crippen LogP contribution in [-0.2, 0) is 17.8 Å². The molecule has 0 unspecified atom stereocenters. The van der Waals surface area contributed by atoms with Crippen molar-refractivity contribution < 1.29 is 9.18 Å². The molecule has 0 bridgehead atoms. The fraction of sp³-hybridized carbons (Fsp3) is 0.312. The maximum absolute atomic E-state index is 14.2. The van der Waals surface area contributed by atoms with Crippen LogP contribution in [0.1, 0.15) is 25.2 Å². The molecule has 0 aromatic carbocycles. The number of anilines is 1. The Morgan fingerprint density at radius 2 is 2.23 bits per heavy atom. The van der Waals surface area contributed by atoms with Crippen molar-refractivity contribution in [2.24, 2.45) is 5.41 Å². The molecular formula is C16H15FN4O. The number of halogens is 1. The minimum atomic E-state index is -0.473. The van der Waals surface area contributed by atoms with Gasteiger partial charge in [0.1, 0.15) is 23.4 Å². The molecular weight excluding hydrogens is 283 g/mol. The van der Waals surface area contributed by atoms with Crippen LogP contribution in [0.2, 0.25) is 0 Å². The molecule has 2 aromatic heterocycles. The summed E-state index contributed by atoms with van der Waals surface area (Å²) in [5.74, 6) is -0.193. The first-order valence-corrected chi connectivity index (χ1v) is 6.94. The molecule has 6 heteroatoms. The Labute approximate surface area is 127 Å². The van der Waals surface area contributed by atoms with Gasteiger partial charge in [-0.05, 0) is 24.0 Å². The standard InChI is InChI=1S/C16H15FN4O/c1-16(2)5-14-12(3-10(6-18)21(14)8-16)11-4-15(20-9-22)19-7-13(11)17/h3-4,7,9H,5,8H2,1-2H3,(H,19,20,22). The van der Waals surface area contributed by atoms with Crippen molar-refractivity contribution in [1.29, 1.82) is 5.26 Å². The van der Waals surface area contributed by atoms with Gasteiger partial charge in [0, 0.05) is 23.4 Å². The fourth-order valence-electron chi connectivity index (χ4n) is 3.01. The summed E-state index contributed by atoms with van der Waals surface area (Å²) in [6, 6.07) is 5.36. The van der Waals surface area contributed by atoms with Gasteiger partial charge in [0.15, 0.2) is 0 Å². The molecule has 2 aromatic rings. The van der Waals surface area contributed by atoms with Crippen molar-refractivity contribution in [3.8, 4) is 17.2 Å². The number of fused-ring (bicyclic) bond motifs is 1. The van der Waals surface area contributed by atoms with Crippen LogP contribution in [0.25, 0.3) is 11.1 Å². The maximum Gasteiger partial charge on any atom is 0.212 e. The number of nitrogens with zero attached hydrogens (tertiary/aromatic N) is 3. The molecule has 22 heavy (non-hydrogen) atoms. The molecule has 3 heterocycles. The third-order valence-electron chi connectivity index (χ3n) is 3.91. The van der Waals surface area contributed by atoms with Gasteiger partial charge in [-0.15, -0.1) is 0 Å². The zero-order chi connectivity index (χ0) is 15.9. The summed E-state index contributed by atoms with van der Waals surface area (Å²) in [7, 11) is 0. The van der Waals surface area contributed by atoms with Gasteiger partial charge in [0.25, 0.3) is 0 Å². The third-order valence-corrected chi connectivity index (χ3v) is 3.91. The number of pyridine rings is 1. The lowest BCUT2D eigenvalue weighted by Crippen LogP contribution is -2.13. The molecule has 0 fully saturated rings. The number of hydrogen-bond donors (Lipinski definition) is 1. The minimum absolute atomic E-state index is 0.0321. The average Bonchev–Trinajstić information content (AvgIpc) is 2.94. The molecule has 3 rings (SSSR count). The Morgan fingerprint density at radius 1 is 1.45 bits per heavy atom. The van der Waals surface area contributed by atoms with E-state index in [9.17, 15) is 14.4 Å². The summed E-state index contributed by atoms with van der Waals surface area (Å²) >= 11 is 0. The topological polar surface area (TPSA) is 70.7 Å². The van der Waals surface area contributed by atoms with E-state index >= 15 is 0 Å². The Bertz CT molecular complexity index is 801. The van der Waals surface area contributed by atoms with Gasteiger partial charge in [-0.3, -0.25) is 4.79 Å². The Morgan fingerprint density at radius 3 is 2.91 bits per heavy atom. The molecule has 0 saturated heterocycles. The van der Waals surface area contributed by atoms with E-state index < -0.39 is 5.82 Å². The van der Waals surface area contributed by atoms with Crippen LogP contribution in [-0.4, -0.2) is 16.0 Å². The van der Waals surface area contributed by atoms with E-state index in [4.69, 9.17) is 0 Å². The minimum Gasteiger partial charge on any atom is -0.335 e. The molecule has 0 aliphatic carbocycles. The number of hydrogen-bond acceptors (Lipinski definition) is 3. The van der Waals surface area contributed by atoms with Crippen molar-refractivity contribution in [2.75, 3.05) is 5.32 Å². The predicted octanol–water partition coefficient (Wildman–Crippen LogP) is 2.71. The van der Waals surface area contributed by atoms with Gasteiger partial charge in [0.05, 0.1) is 6.20 Å². The van der Waals surface area contributed by atoms with Crippen LogP contribution in [0.4, 0.5) is 10.2 Å². The van der Waals surface area contributed by atoms with Crippen LogP contribution in [0, 0.1) is 22.6 Å². The second kappa shape index (κ2) is 4.95. The van der Waals surface area contributed by atoms with Crippen LogP contribution in [0.5, 0.6) is 0 Å². The first-order valence-electron chi connectivity index (χ1n) is 6.94. The summed E-state index contributed by atoms with van der Waals surface area (Å²) in [6.07, 6.45) is 2.34. The summed E-state index contributed by atoms with van der Waals surface area (Å²) in [5, 5.41) is 11.7. The number of carbonyl (C=O) groups excluding carboxylic acids is 1. The second-order valence-electron chi connectivity index (χ2n) is 6.24. The van der Waals surface area contributed by atoms with Crippen molar-refractivity contribution in [3.05, 3.63) is 35.5 Å². The summed E-state index contributed by atoms with van der Waals surface area (Å²) in [4.78, 5) is 14.4. The monoisotopic (exact) mass is 298 g/mol. The second-order valence-corrected chi connectivity index (χ2v) is 6.24. The number of nitriles is 1. The van der Waals surface area contributed by atoms with Crippen molar-refractivity contribution in [2.45, 2.75) is 26.8 Å². The average molecular weight is 298 g/mol. The number of carbonyl (C=O) groups is 1. The molecule has 0 saturated carbocycles. The highest BCUT2D eigenvalue weighted by Crippen LogP contribution is 2.40. The quantitative estimate of drug-likeness (QED) is 0.886. The molecule has 5 nitrogen and oxygen atoms in total. The summed E-state index contributed by atoms with van der Waals surface area (Å²) in [6.45, 7) is 4.97. The van der Waals surface area contributed by atoms with Gasteiger partial charge >= 0.3 is 0 Å². The predicted molar refractivity (Wildman–Crippen MR) is 79.5 cm³/mol. The van der Waals surface area contributed by atoms with E-state index in [-0.39, 0.29) is 11.2 Å². The number of amides is 1. The fourth-order valence-corrected chi connectivity index (χ4v) is 3.01. The van der Waals surface area contributed by atoms with Crippen molar-refractivity contribution >= 4 is 12.2 Å². The highest BCUT2D eigenvalue weighted by atomic mass is 19.1.